The van der Waals surface area contributed by atoms with Crippen LogP contribution < -0.4 is 5.73 Å². The Kier molecular flexibility index (Phi) is 4.99. The van der Waals surface area contributed by atoms with Gasteiger partial charge in [-0.05, 0) is 12.2 Å². The van der Waals surface area contributed by atoms with E-state index in [1.165, 1.54) is 24.3 Å². The quantitative estimate of drug-likeness (QED) is 0.295. The summed E-state index contributed by atoms with van der Waals surface area (Å²) in [5.41, 5.74) is 5.81. The Morgan fingerprint density at radius 3 is 2.46 bits per heavy atom. The second-order valence-electron chi connectivity index (χ2n) is 2.08. The molecule has 3 N–H and O–H groups in total. The van der Waals surface area contributed by atoms with Crippen LogP contribution in [-0.4, -0.2) is 11.2 Å². The highest BCUT2D eigenvalue weighted by atomic mass is 17.1. The molecular formula is C9H11NO3. The normalized spacial score (nSPS) is 12.1. The molecule has 13 heavy (non-hydrogen) atoms. The van der Waals surface area contributed by atoms with Gasteiger partial charge < -0.3 is 5.73 Å². The number of carbonyl (C=O) groups is 1. The van der Waals surface area contributed by atoms with Crippen molar-refractivity contribution in [2.24, 2.45) is 5.73 Å². The Morgan fingerprint density at radius 1 is 1.46 bits per heavy atom. The largest absolute Gasteiger partial charge is 0.399 e. The van der Waals surface area contributed by atoms with Gasteiger partial charge in [0.2, 0.25) is 0 Å². The smallest absolute Gasteiger partial charge is 0.372 e. The molecule has 0 atom stereocenters. The van der Waals surface area contributed by atoms with Crippen molar-refractivity contribution >= 4 is 5.97 Å². The van der Waals surface area contributed by atoms with E-state index in [1.807, 2.05) is 0 Å². The molecule has 0 radical (unpaired) electrons. The van der Waals surface area contributed by atoms with E-state index in [4.69, 9.17) is 11.0 Å². The van der Waals surface area contributed by atoms with Crippen LogP contribution in [0.3, 0.4) is 0 Å². The highest BCUT2D eigenvalue weighted by Gasteiger charge is 2.06. The average molecular weight is 181 g/mol. The summed E-state index contributed by atoms with van der Waals surface area (Å²) >= 11 is 0. The number of allylic oxidation sites excluding steroid dienone is 3. The molecule has 0 unspecified atom stereocenters. The van der Waals surface area contributed by atoms with Crippen LogP contribution >= 0.6 is 0 Å². The van der Waals surface area contributed by atoms with Crippen molar-refractivity contribution in [3.8, 4) is 0 Å². The average Bonchev–Trinajstić information content (AvgIpc) is 2.13. The minimum Gasteiger partial charge on any atom is -0.399 e. The van der Waals surface area contributed by atoms with Crippen LogP contribution in [0.2, 0.25) is 0 Å². The third-order valence-corrected chi connectivity index (χ3v) is 1.17. The lowest BCUT2D eigenvalue weighted by molar-refractivity contribution is -0.228. The van der Waals surface area contributed by atoms with Crippen molar-refractivity contribution in [2.75, 3.05) is 0 Å². The van der Waals surface area contributed by atoms with Gasteiger partial charge in [0.1, 0.15) is 0 Å². The molecular weight excluding hydrogens is 170 g/mol. The Hall–Kier alpha value is -1.81. The first kappa shape index (κ1) is 11.2. The summed E-state index contributed by atoms with van der Waals surface area (Å²) in [6.07, 6.45) is 5.50. The zero-order valence-electron chi connectivity index (χ0n) is 7.06. The molecule has 0 saturated heterocycles. The van der Waals surface area contributed by atoms with E-state index in [-0.39, 0.29) is 5.57 Å². The van der Waals surface area contributed by atoms with E-state index in [0.717, 1.165) is 0 Å². The Labute approximate surface area is 76.2 Å². The lowest BCUT2D eigenvalue weighted by atomic mass is 10.2. The molecule has 4 heteroatoms. The minimum atomic E-state index is -0.907. The fraction of sp³-hybridized carbons (Fsp3) is 0. The van der Waals surface area contributed by atoms with Crippen LogP contribution in [0.25, 0.3) is 0 Å². The molecule has 0 rings (SSSR count). The van der Waals surface area contributed by atoms with Gasteiger partial charge in [0.15, 0.2) is 0 Å². The molecule has 70 valence electrons. The maximum absolute atomic E-state index is 10.8. The van der Waals surface area contributed by atoms with E-state index in [9.17, 15) is 4.79 Å². The molecule has 0 aromatic heterocycles. The summed E-state index contributed by atoms with van der Waals surface area (Å²) in [6.45, 7) is 6.78. The van der Waals surface area contributed by atoms with Crippen molar-refractivity contribution in [3.63, 3.8) is 0 Å². The van der Waals surface area contributed by atoms with Gasteiger partial charge in [-0.2, -0.15) is 5.26 Å². The topological polar surface area (TPSA) is 72.6 Å². The second-order valence-corrected chi connectivity index (χ2v) is 2.08. The molecule has 0 bridgehead atoms. The van der Waals surface area contributed by atoms with Gasteiger partial charge in [0, 0.05) is 5.70 Å². The van der Waals surface area contributed by atoms with E-state index >= 15 is 0 Å². The first-order chi connectivity index (χ1) is 6.15. The van der Waals surface area contributed by atoms with Crippen LogP contribution in [-0.2, 0) is 9.68 Å². The molecule has 0 heterocycles. The van der Waals surface area contributed by atoms with E-state index in [0.29, 0.717) is 5.70 Å². The Balaban J connectivity index is 4.75. The molecule has 4 nitrogen and oxygen atoms in total. The van der Waals surface area contributed by atoms with Crippen molar-refractivity contribution in [1.82, 2.24) is 0 Å². The summed E-state index contributed by atoms with van der Waals surface area (Å²) in [6, 6.07) is 0. The number of hydrogen-bond acceptors (Lipinski definition) is 4. The first-order valence-corrected chi connectivity index (χ1v) is 3.43. The first-order valence-electron chi connectivity index (χ1n) is 3.43. The van der Waals surface area contributed by atoms with Gasteiger partial charge in [0.25, 0.3) is 0 Å². The van der Waals surface area contributed by atoms with Crippen molar-refractivity contribution in [2.45, 2.75) is 0 Å². The molecule has 0 spiro atoms. The number of hydrogen-bond donors (Lipinski definition) is 2. The summed E-state index contributed by atoms with van der Waals surface area (Å²) in [5.74, 6) is -0.907. The zero-order chi connectivity index (χ0) is 10.3. The standard InChI is InChI=1S/C9H11NO3/c1-3-5-8(10)6-7(4-2)9(11)13-12/h3-6,12H,1-2,10H2/b7-6+,8-5+. The lowest BCUT2D eigenvalue weighted by Gasteiger charge is -1.96. The third-order valence-electron chi connectivity index (χ3n) is 1.17. The van der Waals surface area contributed by atoms with Gasteiger partial charge >= 0.3 is 5.97 Å². The molecule has 0 aromatic carbocycles. The fourth-order valence-electron chi connectivity index (χ4n) is 0.618. The van der Waals surface area contributed by atoms with Crippen molar-refractivity contribution in [3.05, 3.63) is 48.7 Å². The van der Waals surface area contributed by atoms with E-state index in [2.05, 4.69) is 18.0 Å². The number of nitrogens with two attached hydrogens (primary N) is 1. The molecule has 0 aromatic rings. The molecule has 0 saturated carbocycles. The van der Waals surface area contributed by atoms with Gasteiger partial charge in [-0.25, -0.2) is 4.79 Å². The highest BCUT2D eigenvalue weighted by molar-refractivity contribution is 5.91. The molecule has 0 aliphatic heterocycles. The van der Waals surface area contributed by atoms with Crippen LogP contribution in [0.4, 0.5) is 0 Å². The van der Waals surface area contributed by atoms with Crippen LogP contribution in [0.15, 0.2) is 48.7 Å². The van der Waals surface area contributed by atoms with E-state index in [1.54, 1.807) is 0 Å². The van der Waals surface area contributed by atoms with Crippen molar-refractivity contribution < 1.29 is 14.9 Å². The third kappa shape index (κ3) is 3.93. The predicted molar refractivity (Wildman–Crippen MR) is 49.5 cm³/mol. The maximum Gasteiger partial charge on any atom is 0.372 e. The molecule has 0 aliphatic carbocycles. The number of carbonyl (C=O) groups excluding carboxylic acids is 1. The summed E-state index contributed by atoms with van der Waals surface area (Å²) in [5, 5.41) is 8.06. The number of rotatable bonds is 4. The Morgan fingerprint density at radius 2 is 2.08 bits per heavy atom. The van der Waals surface area contributed by atoms with Gasteiger partial charge in [-0.15, -0.1) is 0 Å². The van der Waals surface area contributed by atoms with Gasteiger partial charge in [-0.1, -0.05) is 25.3 Å². The van der Waals surface area contributed by atoms with Crippen LogP contribution in [0, 0.1) is 0 Å². The molecule has 0 aliphatic rings. The second kappa shape index (κ2) is 5.79. The fourth-order valence-corrected chi connectivity index (χ4v) is 0.618. The Bertz CT molecular complexity index is 277. The molecule has 0 fully saturated rings. The van der Waals surface area contributed by atoms with Crippen LogP contribution in [0.5, 0.6) is 0 Å². The highest BCUT2D eigenvalue weighted by Crippen LogP contribution is 2.01. The SMILES string of the molecule is C=C/C=C(N)\C=C(/C=C)C(=O)OO. The van der Waals surface area contributed by atoms with E-state index < -0.39 is 5.97 Å². The minimum absolute atomic E-state index is 0.0677. The monoisotopic (exact) mass is 181 g/mol. The van der Waals surface area contributed by atoms with Gasteiger partial charge in [0.05, 0.1) is 5.57 Å². The van der Waals surface area contributed by atoms with Crippen molar-refractivity contribution in [1.29, 1.82) is 0 Å². The zero-order valence-corrected chi connectivity index (χ0v) is 7.06. The predicted octanol–water partition coefficient (Wildman–Crippen LogP) is 1.14. The van der Waals surface area contributed by atoms with Gasteiger partial charge in [-0.3, -0.25) is 4.89 Å². The summed E-state index contributed by atoms with van der Waals surface area (Å²) < 4.78 is 0. The lowest BCUT2D eigenvalue weighted by Crippen LogP contribution is -2.05. The summed E-state index contributed by atoms with van der Waals surface area (Å²) in [7, 11) is 0. The van der Waals surface area contributed by atoms with Crippen LogP contribution in [0.1, 0.15) is 0 Å². The molecule has 0 amide bonds. The summed E-state index contributed by atoms with van der Waals surface area (Å²) in [4.78, 5) is 14.3. The maximum atomic E-state index is 10.8.